The molecule has 3 rings (SSSR count). The number of nitrogens with one attached hydrogen (secondary N) is 1. The number of hydrogen-bond donors (Lipinski definition) is 2. The van der Waals surface area contributed by atoms with Crippen LogP contribution in [0.5, 0.6) is 5.75 Å². The first-order valence-corrected chi connectivity index (χ1v) is 11.2. The maximum atomic E-state index is 6.44. The minimum atomic E-state index is 0.128. The van der Waals surface area contributed by atoms with E-state index in [-0.39, 0.29) is 5.95 Å². The predicted molar refractivity (Wildman–Crippen MR) is 130 cm³/mol. The van der Waals surface area contributed by atoms with Gasteiger partial charge < -0.3 is 20.4 Å². The molecule has 0 bridgehead atoms. The number of pyridine rings is 1. The number of rotatable bonds is 8. The molecule has 3 N–H and O–H groups in total. The lowest BCUT2D eigenvalue weighted by Crippen LogP contribution is -2.20. The van der Waals surface area contributed by atoms with Gasteiger partial charge in [0.2, 0.25) is 5.95 Å². The minimum Gasteiger partial charge on any atom is -0.496 e. The second-order valence-electron chi connectivity index (χ2n) is 8.29. The maximum absolute atomic E-state index is 6.44. The highest BCUT2D eigenvalue weighted by molar-refractivity contribution is 6.34. The Labute approximate surface area is 194 Å². The fourth-order valence-corrected chi connectivity index (χ4v) is 3.89. The molecule has 0 saturated heterocycles. The number of unbranched alkanes of at least 4 members (excludes halogenated alkanes) is 1. The number of aryl methyl sites for hydroxylation is 1. The Morgan fingerprint density at radius 2 is 2.06 bits per heavy atom. The van der Waals surface area contributed by atoms with Crippen molar-refractivity contribution in [2.45, 2.75) is 47.1 Å². The Hall–Kier alpha value is -2.82. The van der Waals surface area contributed by atoms with Crippen LogP contribution in [-0.4, -0.2) is 39.7 Å². The quantitative estimate of drug-likeness (QED) is 0.302. The normalized spacial score (nSPS) is 11.1. The van der Waals surface area contributed by atoms with Gasteiger partial charge in [0.05, 0.1) is 30.3 Å². The molecule has 0 amide bonds. The Morgan fingerprint density at radius 1 is 1.28 bits per heavy atom. The Morgan fingerprint density at radius 3 is 2.78 bits per heavy atom. The van der Waals surface area contributed by atoms with Gasteiger partial charge in [-0.3, -0.25) is 4.98 Å². The van der Waals surface area contributed by atoms with E-state index in [0.717, 1.165) is 54.1 Å². The summed E-state index contributed by atoms with van der Waals surface area (Å²) in [5.74, 6) is 8.12. The molecule has 0 saturated carbocycles. The Bertz CT molecular complexity index is 1160. The predicted octanol–water partition coefficient (Wildman–Crippen LogP) is 4.11. The standard InChI is InChI=1S/C24H31ClN6O/c1-15(2)11-27-10-8-6-7-9-18-13-31(23-20(18)22(25)29-24(26)30-23)14-19-17(4)21(32-5)16(3)12-28-19/h12-13,15,27H,6,8,10-11,14H2,1-5H3,(H2,26,29,30). The van der Waals surface area contributed by atoms with E-state index >= 15 is 0 Å². The van der Waals surface area contributed by atoms with Gasteiger partial charge in [-0.05, 0) is 39.3 Å². The number of nitrogens with zero attached hydrogens (tertiary/aromatic N) is 4. The van der Waals surface area contributed by atoms with Crippen LogP contribution in [0.2, 0.25) is 5.15 Å². The highest BCUT2D eigenvalue weighted by Crippen LogP contribution is 2.29. The van der Waals surface area contributed by atoms with Gasteiger partial charge in [-0.15, -0.1) is 0 Å². The largest absolute Gasteiger partial charge is 0.496 e. The first kappa shape index (κ1) is 23.8. The van der Waals surface area contributed by atoms with Crippen LogP contribution in [0.4, 0.5) is 5.95 Å². The second-order valence-corrected chi connectivity index (χ2v) is 8.65. The number of halogens is 1. The number of aromatic nitrogens is 4. The number of anilines is 1. The summed E-state index contributed by atoms with van der Waals surface area (Å²) in [6.07, 6.45) is 5.54. The molecule has 3 aromatic heterocycles. The third-order valence-corrected chi connectivity index (χ3v) is 5.46. The van der Waals surface area contributed by atoms with Crippen molar-refractivity contribution in [1.82, 2.24) is 24.8 Å². The van der Waals surface area contributed by atoms with Crippen molar-refractivity contribution in [2.75, 3.05) is 25.9 Å². The van der Waals surface area contributed by atoms with Crippen molar-refractivity contribution in [2.24, 2.45) is 5.92 Å². The molecule has 0 aliphatic rings. The lowest BCUT2D eigenvalue weighted by Gasteiger charge is -2.13. The topological polar surface area (TPSA) is 90.9 Å². The molecule has 3 aromatic rings. The first-order chi connectivity index (χ1) is 15.3. The molecule has 7 nitrogen and oxygen atoms in total. The van der Waals surface area contributed by atoms with Gasteiger partial charge in [0.25, 0.3) is 0 Å². The van der Waals surface area contributed by atoms with Crippen molar-refractivity contribution in [3.63, 3.8) is 0 Å². The monoisotopic (exact) mass is 454 g/mol. The highest BCUT2D eigenvalue weighted by atomic mass is 35.5. The van der Waals surface area contributed by atoms with Gasteiger partial charge in [-0.2, -0.15) is 4.98 Å². The summed E-state index contributed by atoms with van der Waals surface area (Å²) in [6, 6.07) is 0. The number of ether oxygens (including phenoxy) is 1. The number of hydrogen-bond acceptors (Lipinski definition) is 6. The van der Waals surface area contributed by atoms with Gasteiger partial charge in [0.1, 0.15) is 16.5 Å². The van der Waals surface area contributed by atoms with Crippen LogP contribution >= 0.6 is 11.6 Å². The van der Waals surface area contributed by atoms with Crippen LogP contribution in [-0.2, 0) is 6.54 Å². The summed E-state index contributed by atoms with van der Waals surface area (Å²) in [6.45, 7) is 10.8. The third-order valence-electron chi connectivity index (χ3n) is 5.19. The Balaban J connectivity index is 1.88. The molecule has 0 aliphatic carbocycles. The van der Waals surface area contributed by atoms with E-state index in [9.17, 15) is 0 Å². The van der Waals surface area contributed by atoms with Gasteiger partial charge >= 0.3 is 0 Å². The van der Waals surface area contributed by atoms with E-state index in [4.69, 9.17) is 22.1 Å². The smallest absolute Gasteiger partial charge is 0.223 e. The summed E-state index contributed by atoms with van der Waals surface area (Å²) in [5.41, 5.74) is 10.2. The fraction of sp³-hybridized carbons (Fsp3) is 0.458. The van der Waals surface area contributed by atoms with Crippen LogP contribution in [0.15, 0.2) is 12.4 Å². The van der Waals surface area contributed by atoms with Crippen LogP contribution in [0.3, 0.4) is 0 Å². The molecule has 170 valence electrons. The lowest BCUT2D eigenvalue weighted by molar-refractivity contribution is 0.406. The molecule has 0 spiro atoms. The van der Waals surface area contributed by atoms with Crippen molar-refractivity contribution >= 4 is 28.6 Å². The van der Waals surface area contributed by atoms with E-state index < -0.39 is 0 Å². The summed E-state index contributed by atoms with van der Waals surface area (Å²) in [5, 5.41) is 4.45. The molecule has 0 aliphatic heterocycles. The van der Waals surface area contributed by atoms with Crippen LogP contribution in [0, 0.1) is 31.6 Å². The molecule has 0 fully saturated rings. The molecule has 32 heavy (non-hydrogen) atoms. The second kappa shape index (κ2) is 10.7. The summed E-state index contributed by atoms with van der Waals surface area (Å²) in [4.78, 5) is 13.2. The van der Waals surface area contributed by atoms with Gasteiger partial charge in [0.15, 0.2) is 0 Å². The van der Waals surface area contributed by atoms with Crippen molar-refractivity contribution in [3.8, 4) is 17.6 Å². The zero-order chi connectivity index (χ0) is 23.3. The molecule has 8 heteroatoms. The average molecular weight is 455 g/mol. The van der Waals surface area contributed by atoms with E-state index in [2.05, 4.69) is 46.0 Å². The summed E-state index contributed by atoms with van der Waals surface area (Å²) < 4.78 is 7.52. The van der Waals surface area contributed by atoms with Crippen molar-refractivity contribution < 1.29 is 4.74 Å². The molecule has 3 heterocycles. The molecule has 0 atom stereocenters. The number of nitrogen functional groups attached to an aromatic ring is 1. The zero-order valence-corrected chi connectivity index (χ0v) is 20.2. The maximum Gasteiger partial charge on any atom is 0.223 e. The minimum absolute atomic E-state index is 0.128. The van der Waals surface area contributed by atoms with Crippen LogP contribution in [0.25, 0.3) is 11.0 Å². The van der Waals surface area contributed by atoms with Crippen LogP contribution < -0.4 is 15.8 Å². The van der Waals surface area contributed by atoms with Crippen LogP contribution in [0.1, 0.15) is 49.1 Å². The first-order valence-electron chi connectivity index (χ1n) is 10.8. The number of nitrogens with two attached hydrogens (primary N) is 1. The SMILES string of the molecule is COc1c(C)cnc(Cn2cc(C#CCCCNCC(C)C)c3c(Cl)nc(N)nc32)c1C. The molecular weight excluding hydrogens is 424 g/mol. The molecule has 0 aromatic carbocycles. The van der Waals surface area contributed by atoms with Gasteiger partial charge in [-0.1, -0.05) is 37.3 Å². The third kappa shape index (κ3) is 5.50. The number of fused-ring (bicyclic) bond motifs is 1. The highest BCUT2D eigenvalue weighted by Gasteiger charge is 2.17. The van der Waals surface area contributed by atoms with E-state index in [1.54, 1.807) is 7.11 Å². The molecular formula is C24H31ClN6O. The van der Waals surface area contributed by atoms with Crippen molar-refractivity contribution in [1.29, 1.82) is 0 Å². The van der Waals surface area contributed by atoms with E-state index in [1.807, 2.05) is 30.8 Å². The van der Waals surface area contributed by atoms with E-state index in [1.165, 1.54) is 0 Å². The summed E-state index contributed by atoms with van der Waals surface area (Å²) in [7, 11) is 1.67. The lowest BCUT2D eigenvalue weighted by atomic mass is 10.1. The zero-order valence-electron chi connectivity index (χ0n) is 19.4. The van der Waals surface area contributed by atoms with Crippen molar-refractivity contribution in [3.05, 3.63) is 39.9 Å². The number of methoxy groups -OCH3 is 1. The van der Waals surface area contributed by atoms with E-state index in [0.29, 0.717) is 28.6 Å². The Kier molecular flexibility index (Phi) is 7.94. The average Bonchev–Trinajstić information content (AvgIpc) is 3.07. The molecule has 0 radical (unpaired) electrons. The van der Waals surface area contributed by atoms with Gasteiger partial charge in [-0.25, -0.2) is 4.98 Å². The molecule has 0 unspecified atom stereocenters. The fourth-order valence-electron chi connectivity index (χ4n) is 3.62. The summed E-state index contributed by atoms with van der Waals surface area (Å²) >= 11 is 6.44. The van der Waals surface area contributed by atoms with Gasteiger partial charge in [0, 0.05) is 29.9 Å².